The van der Waals surface area contributed by atoms with Gasteiger partial charge in [0.1, 0.15) is 0 Å². The lowest BCUT2D eigenvalue weighted by atomic mass is 10.1. The molecule has 1 N–H and O–H groups in total. The molecule has 2 atom stereocenters. The van der Waals surface area contributed by atoms with Crippen molar-refractivity contribution in [3.8, 4) is 0 Å². The Morgan fingerprint density at radius 3 is 2.36 bits per heavy atom. The third kappa shape index (κ3) is 3.99. The predicted molar refractivity (Wildman–Crippen MR) is 84.7 cm³/mol. The standard InChI is InChI=1S/C14H21NO5S2/c1-10(13-5-4-8-20-13)15-12-7-6-11(21(2,16)17)9-14(12)22(3,18)19/h6-7,9-10,13,15H,4-5,8H2,1-3H3/t10-,13+/m1/s1. The number of hydrogen-bond donors (Lipinski definition) is 1. The van der Waals surface area contributed by atoms with Gasteiger partial charge in [-0.05, 0) is 38.0 Å². The zero-order chi connectivity index (χ0) is 16.5. The lowest BCUT2D eigenvalue weighted by Gasteiger charge is -2.22. The number of nitrogens with one attached hydrogen (secondary N) is 1. The molecule has 22 heavy (non-hydrogen) atoms. The van der Waals surface area contributed by atoms with E-state index in [2.05, 4.69) is 5.32 Å². The number of ether oxygens (including phenoxy) is 1. The van der Waals surface area contributed by atoms with E-state index in [-0.39, 0.29) is 21.9 Å². The Bertz CT molecular complexity index is 749. The molecule has 1 heterocycles. The number of sulfone groups is 2. The molecule has 1 aliphatic rings. The first-order chi connectivity index (χ1) is 10.1. The molecule has 8 heteroatoms. The quantitative estimate of drug-likeness (QED) is 0.868. The molecule has 124 valence electrons. The van der Waals surface area contributed by atoms with Gasteiger partial charge in [-0.2, -0.15) is 0 Å². The molecule has 0 radical (unpaired) electrons. The lowest BCUT2D eigenvalue weighted by Crippen LogP contribution is -2.30. The van der Waals surface area contributed by atoms with Gasteiger partial charge in [0.05, 0.1) is 21.6 Å². The highest BCUT2D eigenvalue weighted by Crippen LogP contribution is 2.27. The predicted octanol–water partition coefficient (Wildman–Crippen LogP) is 1.47. The molecule has 0 aliphatic carbocycles. The van der Waals surface area contributed by atoms with Crippen molar-refractivity contribution in [2.75, 3.05) is 24.4 Å². The van der Waals surface area contributed by atoms with Crippen LogP contribution in [0.2, 0.25) is 0 Å². The van der Waals surface area contributed by atoms with Gasteiger partial charge < -0.3 is 10.1 Å². The summed E-state index contributed by atoms with van der Waals surface area (Å²) >= 11 is 0. The fourth-order valence-electron chi connectivity index (χ4n) is 2.49. The molecule has 1 fully saturated rings. The van der Waals surface area contributed by atoms with Gasteiger partial charge >= 0.3 is 0 Å². The third-order valence-electron chi connectivity index (χ3n) is 3.69. The van der Waals surface area contributed by atoms with Crippen molar-refractivity contribution in [2.24, 2.45) is 0 Å². The van der Waals surface area contributed by atoms with Gasteiger partial charge in [0, 0.05) is 25.2 Å². The second-order valence-electron chi connectivity index (χ2n) is 5.69. The zero-order valence-corrected chi connectivity index (χ0v) is 14.5. The van der Waals surface area contributed by atoms with E-state index < -0.39 is 19.7 Å². The van der Waals surface area contributed by atoms with Crippen molar-refractivity contribution in [3.63, 3.8) is 0 Å². The van der Waals surface area contributed by atoms with Crippen molar-refractivity contribution in [2.45, 2.75) is 41.7 Å². The van der Waals surface area contributed by atoms with Gasteiger partial charge in [-0.15, -0.1) is 0 Å². The molecule has 0 saturated carbocycles. The highest BCUT2D eigenvalue weighted by atomic mass is 32.2. The van der Waals surface area contributed by atoms with Crippen molar-refractivity contribution >= 4 is 25.4 Å². The van der Waals surface area contributed by atoms with E-state index in [1.165, 1.54) is 18.2 Å². The topological polar surface area (TPSA) is 89.5 Å². The maximum absolute atomic E-state index is 12.0. The van der Waals surface area contributed by atoms with E-state index in [1.54, 1.807) is 0 Å². The monoisotopic (exact) mass is 347 g/mol. The Morgan fingerprint density at radius 1 is 1.18 bits per heavy atom. The first kappa shape index (κ1) is 17.2. The Labute approximate surface area is 131 Å². The Hall–Kier alpha value is -1.12. The summed E-state index contributed by atoms with van der Waals surface area (Å²) in [6.45, 7) is 2.63. The minimum atomic E-state index is -3.55. The van der Waals surface area contributed by atoms with E-state index in [4.69, 9.17) is 4.74 Å². The maximum atomic E-state index is 12.0. The summed E-state index contributed by atoms with van der Waals surface area (Å²) in [7, 11) is -7.02. The molecule has 0 amide bonds. The minimum Gasteiger partial charge on any atom is -0.379 e. The van der Waals surface area contributed by atoms with Crippen molar-refractivity contribution < 1.29 is 21.6 Å². The van der Waals surface area contributed by atoms with Gasteiger partial charge in [-0.25, -0.2) is 16.8 Å². The first-order valence-corrected chi connectivity index (χ1v) is 10.8. The normalized spacial score (nSPS) is 20.8. The summed E-state index contributed by atoms with van der Waals surface area (Å²) in [6.07, 6.45) is 4.06. The Kier molecular flexibility index (Phi) is 4.84. The summed E-state index contributed by atoms with van der Waals surface area (Å²) in [5, 5.41) is 3.14. The minimum absolute atomic E-state index is 0.0109. The fraction of sp³-hybridized carbons (Fsp3) is 0.571. The molecule has 1 aliphatic heterocycles. The smallest absolute Gasteiger partial charge is 0.177 e. The molecule has 1 saturated heterocycles. The molecule has 0 aromatic heterocycles. The van der Waals surface area contributed by atoms with Crippen LogP contribution in [-0.2, 0) is 24.4 Å². The van der Waals surface area contributed by atoms with E-state index in [0.717, 1.165) is 25.4 Å². The van der Waals surface area contributed by atoms with Crippen molar-refractivity contribution in [1.82, 2.24) is 0 Å². The number of anilines is 1. The highest BCUT2D eigenvalue weighted by molar-refractivity contribution is 7.91. The van der Waals surface area contributed by atoms with E-state index in [1.807, 2.05) is 6.92 Å². The van der Waals surface area contributed by atoms with Crippen LogP contribution >= 0.6 is 0 Å². The van der Waals surface area contributed by atoms with Gasteiger partial charge in [0.15, 0.2) is 19.7 Å². The van der Waals surface area contributed by atoms with Gasteiger partial charge in [-0.3, -0.25) is 0 Å². The van der Waals surface area contributed by atoms with Crippen molar-refractivity contribution in [1.29, 1.82) is 0 Å². The van der Waals surface area contributed by atoms with Crippen LogP contribution in [0, 0.1) is 0 Å². The van der Waals surface area contributed by atoms with Crippen LogP contribution in [0.15, 0.2) is 28.0 Å². The molecule has 1 aromatic carbocycles. The lowest BCUT2D eigenvalue weighted by molar-refractivity contribution is 0.0996. The van der Waals surface area contributed by atoms with E-state index in [0.29, 0.717) is 12.3 Å². The van der Waals surface area contributed by atoms with Crippen LogP contribution in [0.1, 0.15) is 19.8 Å². The molecular weight excluding hydrogens is 326 g/mol. The molecule has 2 rings (SSSR count). The van der Waals surface area contributed by atoms with E-state index >= 15 is 0 Å². The molecule has 0 unspecified atom stereocenters. The molecular formula is C14H21NO5S2. The first-order valence-electron chi connectivity index (χ1n) is 7.01. The van der Waals surface area contributed by atoms with Crippen LogP contribution < -0.4 is 5.32 Å². The average Bonchev–Trinajstić information content (AvgIpc) is 2.90. The van der Waals surface area contributed by atoms with Crippen LogP contribution in [0.25, 0.3) is 0 Å². The molecule has 0 bridgehead atoms. The average molecular weight is 347 g/mol. The number of rotatable bonds is 5. The van der Waals surface area contributed by atoms with Crippen molar-refractivity contribution in [3.05, 3.63) is 18.2 Å². The third-order valence-corrected chi connectivity index (χ3v) is 5.93. The summed E-state index contributed by atoms with van der Waals surface area (Å²) in [5.41, 5.74) is 0.401. The largest absolute Gasteiger partial charge is 0.379 e. The fourth-order valence-corrected chi connectivity index (χ4v) is 4.08. The summed E-state index contributed by atoms with van der Waals surface area (Å²) in [5.74, 6) is 0. The number of benzene rings is 1. The van der Waals surface area contributed by atoms with Gasteiger partial charge in [0.25, 0.3) is 0 Å². The summed E-state index contributed by atoms with van der Waals surface area (Å²) in [6, 6.07) is 4.05. The van der Waals surface area contributed by atoms with Crippen LogP contribution in [0.3, 0.4) is 0 Å². The number of hydrogen-bond acceptors (Lipinski definition) is 6. The highest BCUT2D eigenvalue weighted by Gasteiger charge is 2.25. The van der Waals surface area contributed by atoms with E-state index in [9.17, 15) is 16.8 Å². The second kappa shape index (κ2) is 6.17. The van der Waals surface area contributed by atoms with Crippen LogP contribution in [0.4, 0.5) is 5.69 Å². The second-order valence-corrected chi connectivity index (χ2v) is 9.69. The Morgan fingerprint density at radius 2 is 1.86 bits per heavy atom. The SMILES string of the molecule is C[C@@H](Nc1ccc(S(C)(=O)=O)cc1S(C)(=O)=O)[C@@H]1CCCO1. The van der Waals surface area contributed by atoms with Gasteiger partial charge in [0.2, 0.25) is 0 Å². The summed E-state index contributed by atoms with van der Waals surface area (Å²) < 4.78 is 52.8. The maximum Gasteiger partial charge on any atom is 0.177 e. The zero-order valence-electron chi connectivity index (χ0n) is 12.9. The van der Waals surface area contributed by atoms with Crippen LogP contribution in [0.5, 0.6) is 0 Å². The van der Waals surface area contributed by atoms with Gasteiger partial charge in [-0.1, -0.05) is 0 Å². The molecule has 6 nitrogen and oxygen atoms in total. The Balaban J connectivity index is 2.38. The van der Waals surface area contributed by atoms with Crippen LogP contribution in [-0.4, -0.2) is 48.1 Å². The molecule has 0 spiro atoms. The summed E-state index contributed by atoms with van der Waals surface area (Å²) in [4.78, 5) is -0.0245. The molecule has 1 aromatic rings.